The maximum atomic E-state index is 13.2. The molecule has 0 saturated carbocycles. The van der Waals surface area contributed by atoms with Crippen molar-refractivity contribution in [3.63, 3.8) is 0 Å². The van der Waals surface area contributed by atoms with Crippen LogP contribution in [0, 0.1) is 5.82 Å². The molecule has 0 aliphatic carbocycles. The van der Waals surface area contributed by atoms with Crippen molar-refractivity contribution in [3.05, 3.63) is 30.1 Å². The summed E-state index contributed by atoms with van der Waals surface area (Å²) < 4.78 is 14.6. The first-order valence-corrected chi connectivity index (χ1v) is 6.42. The highest BCUT2D eigenvalue weighted by molar-refractivity contribution is 8.00. The number of rotatable bonds is 4. The van der Waals surface area contributed by atoms with Gasteiger partial charge in [-0.15, -0.1) is 5.10 Å². The molecule has 0 bridgehead atoms. The molecular formula is C11H12FN5OS. The topological polar surface area (TPSA) is 72.7 Å². The molecule has 1 aromatic carbocycles. The molecule has 19 heavy (non-hydrogen) atoms. The Morgan fingerprint density at radius 2 is 2.32 bits per heavy atom. The van der Waals surface area contributed by atoms with Crippen molar-refractivity contribution in [3.8, 4) is 5.69 Å². The van der Waals surface area contributed by atoms with Crippen LogP contribution in [0.15, 0.2) is 29.4 Å². The Morgan fingerprint density at radius 1 is 1.53 bits per heavy atom. The van der Waals surface area contributed by atoms with E-state index in [0.717, 1.165) is 0 Å². The molecule has 1 aromatic heterocycles. The standard InChI is InChI=1S/C11H12FN5OS/c1-7(10(18)13-2)19-11-14-15-16-17(11)9-5-3-4-8(12)6-9/h3-7H,1-2H3,(H,13,18)/t7-/m0/s1. The second-order valence-electron chi connectivity index (χ2n) is 3.73. The van der Waals surface area contributed by atoms with E-state index in [-0.39, 0.29) is 17.0 Å². The maximum absolute atomic E-state index is 13.2. The van der Waals surface area contributed by atoms with Gasteiger partial charge < -0.3 is 5.32 Å². The fraction of sp³-hybridized carbons (Fsp3) is 0.273. The van der Waals surface area contributed by atoms with Gasteiger partial charge >= 0.3 is 0 Å². The fourth-order valence-corrected chi connectivity index (χ4v) is 2.30. The third-order valence-electron chi connectivity index (χ3n) is 2.39. The molecule has 100 valence electrons. The Bertz CT molecular complexity index is 588. The van der Waals surface area contributed by atoms with Crippen LogP contribution in [0.2, 0.25) is 0 Å². The summed E-state index contributed by atoms with van der Waals surface area (Å²) in [5, 5.41) is 13.8. The lowest BCUT2D eigenvalue weighted by molar-refractivity contribution is -0.119. The van der Waals surface area contributed by atoms with Crippen LogP contribution in [0.3, 0.4) is 0 Å². The first kappa shape index (κ1) is 13.5. The molecule has 1 amide bonds. The van der Waals surface area contributed by atoms with Gasteiger partial charge in [-0.1, -0.05) is 17.8 Å². The number of halogens is 1. The molecule has 8 heteroatoms. The van der Waals surface area contributed by atoms with Crippen LogP contribution in [0.4, 0.5) is 4.39 Å². The third-order valence-corrected chi connectivity index (χ3v) is 3.42. The summed E-state index contributed by atoms with van der Waals surface area (Å²) in [5.41, 5.74) is 0.511. The minimum Gasteiger partial charge on any atom is -0.358 e. The summed E-state index contributed by atoms with van der Waals surface area (Å²) >= 11 is 1.20. The Kier molecular flexibility index (Phi) is 4.10. The molecule has 6 nitrogen and oxygen atoms in total. The highest BCUT2D eigenvalue weighted by Gasteiger charge is 2.18. The van der Waals surface area contributed by atoms with Gasteiger partial charge in [-0.3, -0.25) is 4.79 Å². The highest BCUT2D eigenvalue weighted by Crippen LogP contribution is 2.22. The number of carbonyl (C=O) groups is 1. The molecule has 1 heterocycles. The van der Waals surface area contributed by atoms with Gasteiger partial charge in [-0.05, 0) is 35.5 Å². The Hall–Kier alpha value is -1.96. The molecule has 0 saturated heterocycles. The summed E-state index contributed by atoms with van der Waals surface area (Å²) in [4.78, 5) is 11.5. The first-order valence-electron chi connectivity index (χ1n) is 5.54. The largest absolute Gasteiger partial charge is 0.358 e. The molecule has 0 fully saturated rings. The average Bonchev–Trinajstić information content (AvgIpc) is 2.85. The average molecular weight is 281 g/mol. The van der Waals surface area contributed by atoms with Crippen molar-refractivity contribution in [1.82, 2.24) is 25.5 Å². The molecule has 0 spiro atoms. The van der Waals surface area contributed by atoms with Crippen molar-refractivity contribution in [2.75, 3.05) is 7.05 Å². The Balaban J connectivity index is 2.25. The number of carbonyl (C=O) groups excluding carboxylic acids is 1. The maximum Gasteiger partial charge on any atom is 0.233 e. The summed E-state index contributed by atoms with van der Waals surface area (Å²) in [6, 6.07) is 5.93. The van der Waals surface area contributed by atoms with Crippen LogP contribution in [-0.4, -0.2) is 38.4 Å². The van der Waals surface area contributed by atoms with E-state index in [1.807, 2.05) is 0 Å². The second-order valence-corrected chi connectivity index (χ2v) is 5.04. The van der Waals surface area contributed by atoms with Gasteiger partial charge in [-0.25, -0.2) is 4.39 Å². The molecule has 0 aliphatic heterocycles. The normalized spacial score (nSPS) is 12.2. The van der Waals surface area contributed by atoms with E-state index < -0.39 is 0 Å². The Labute approximate surface area is 113 Å². The summed E-state index contributed by atoms with van der Waals surface area (Å²) in [6.45, 7) is 1.74. The molecule has 1 atom stereocenters. The van der Waals surface area contributed by atoms with Crippen LogP contribution in [-0.2, 0) is 4.79 Å². The van der Waals surface area contributed by atoms with Crippen LogP contribution < -0.4 is 5.32 Å². The zero-order chi connectivity index (χ0) is 13.8. The van der Waals surface area contributed by atoms with E-state index >= 15 is 0 Å². The van der Waals surface area contributed by atoms with E-state index in [0.29, 0.717) is 10.8 Å². The number of benzene rings is 1. The molecule has 0 aliphatic rings. The lowest BCUT2D eigenvalue weighted by Gasteiger charge is -2.09. The number of thioether (sulfide) groups is 1. The van der Waals surface area contributed by atoms with Crippen LogP contribution in [0.5, 0.6) is 0 Å². The van der Waals surface area contributed by atoms with E-state index in [1.165, 1.54) is 28.6 Å². The summed E-state index contributed by atoms with van der Waals surface area (Å²) in [5.74, 6) is -0.498. The van der Waals surface area contributed by atoms with E-state index in [9.17, 15) is 9.18 Å². The van der Waals surface area contributed by atoms with E-state index in [4.69, 9.17) is 0 Å². The molecule has 0 unspecified atom stereocenters. The number of amides is 1. The lowest BCUT2D eigenvalue weighted by atomic mass is 10.3. The predicted octanol–water partition coefficient (Wildman–Crippen LogP) is 1.03. The summed E-state index contributed by atoms with van der Waals surface area (Å²) in [6.07, 6.45) is 0. The zero-order valence-electron chi connectivity index (χ0n) is 10.4. The van der Waals surface area contributed by atoms with Crippen molar-refractivity contribution >= 4 is 17.7 Å². The molecule has 2 aromatic rings. The minimum atomic E-state index is -0.372. The van der Waals surface area contributed by atoms with Crippen LogP contribution in [0.1, 0.15) is 6.92 Å². The predicted molar refractivity (Wildman–Crippen MR) is 68.5 cm³/mol. The third kappa shape index (κ3) is 3.08. The van der Waals surface area contributed by atoms with Crippen molar-refractivity contribution in [2.24, 2.45) is 0 Å². The number of hydrogen-bond donors (Lipinski definition) is 1. The quantitative estimate of drug-likeness (QED) is 0.847. The molecule has 1 N–H and O–H groups in total. The first-order chi connectivity index (χ1) is 9.11. The SMILES string of the molecule is CNC(=O)[C@H](C)Sc1nnnn1-c1cccc(F)c1. The number of nitrogens with one attached hydrogen (secondary N) is 1. The molecule has 2 rings (SSSR count). The van der Waals surface area contributed by atoms with Crippen molar-refractivity contribution in [2.45, 2.75) is 17.3 Å². The van der Waals surface area contributed by atoms with Gasteiger partial charge in [0.2, 0.25) is 11.1 Å². The minimum absolute atomic E-state index is 0.126. The highest BCUT2D eigenvalue weighted by atomic mass is 32.2. The number of aromatic nitrogens is 4. The Morgan fingerprint density at radius 3 is 3.00 bits per heavy atom. The van der Waals surface area contributed by atoms with Gasteiger partial charge in [0, 0.05) is 7.05 Å². The second kappa shape index (κ2) is 5.79. The van der Waals surface area contributed by atoms with Gasteiger partial charge in [0.15, 0.2) is 0 Å². The van der Waals surface area contributed by atoms with Crippen molar-refractivity contribution in [1.29, 1.82) is 0 Å². The molecule has 0 radical (unpaired) electrons. The number of nitrogens with zero attached hydrogens (tertiary/aromatic N) is 4. The van der Waals surface area contributed by atoms with E-state index in [1.54, 1.807) is 26.1 Å². The smallest absolute Gasteiger partial charge is 0.233 e. The monoisotopic (exact) mass is 281 g/mol. The van der Waals surface area contributed by atoms with Gasteiger partial charge in [0.05, 0.1) is 10.9 Å². The fourth-order valence-electron chi connectivity index (χ4n) is 1.44. The zero-order valence-corrected chi connectivity index (χ0v) is 11.2. The number of tetrazole rings is 1. The van der Waals surface area contributed by atoms with Gasteiger partial charge in [0.1, 0.15) is 5.82 Å². The van der Waals surface area contributed by atoms with Gasteiger partial charge in [0.25, 0.3) is 0 Å². The van der Waals surface area contributed by atoms with Crippen LogP contribution in [0.25, 0.3) is 5.69 Å². The van der Waals surface area contributed by atoms with E-state index in [2.05, 4.69) is 20.8 Å². The summed E-state index contributed by atoms with van der Waals surface area (Å²) in [7, 11) is 1.56. The van der Waals surface area contributed by atoms with Crippen LogP contribution >= 0.6 is 11.8 Å². The molecular weight excluding hydrogens is 269 g/mol. The lowest BCUT2D eigenvalue weighted by Crippen LogP contribution is -2.27. The van der Waals surface area contributed by atoms with Crippen molar-refractivity contribution < 1.29 is 9.18 Å². The number of hydrogen-bond acceptors (Lipinski definition) is 5. The van der Waals surface area contributed by atoms with Gasteiger partial charge in [-0.2, -0.15) is 4.68 Å².